The van der Waals surface area contributed by atoms with Crippen LogP contribution in [0.2, 0.25) is 0 Å². The van der Waals surface area contributed by atoms with Gasteiger partial charge in [-0.3, -0.25) is 9.59 Å². The summed E-state index contributed by atoms with van der Waals surface area (Å²) in [5.41, 5.74) is 2.31. The number of rotatable bonds is 4. The van der Waals surface area contributed by atoms with E-state index in [4.69, 9.17) is 0 Å². The first-order chi connectivity index (χ1) is 13.0. The molecule has 1 amide bonds. The van der Waals surface area contributed by atoms with Crippen LogP contribution in [0.15, 0.2) is 47.1 Å². The topological polar surface area (TPSA) is 75.2 Å². The van der Waals surface area contributed by atoms with E-state index < -0.39 is 0 Å². The summed E-state index contributed by atoms with van der Waals surface area (Å²) in [6.07, 6.45) is 2.42. The van der Waals surface area contributed by atoms with E-state index in [1.54, 1.807) is 23.2 Å². The number of anilines is 1. The van der Waals surface area contributed by atoms with Gasteiger partial charge in [-0.1, -0.05) is 37.3 Å². The number of carbonyl (C=O) groups excluding carboxylic acids is 2. The summed E-state index contributed by atoms with van der Waals surface area (Å²) in [4.78, 5) is 36.5. The molecule has 0 saturated heterocycles. The number of aryl methyl sites for hydroxylation is 1. The summed E-state index contributed by atoms with van der Waals surface area (Å²) < 4.78 is 0. The van der Waals surface area contributed by atoms with Crippen molar-refractivity contribution in [1.29, 1.82) is 0 Å². The van der Waals surface area contributed by atoms with Crippen LogP contribution in [0, 0.1) is 6.92 Å². The van der Waals surface area contributed by atoms with Gasteiger partial charge >= 0.3 is 0 Å². The minimum atomic E-state index is -0.0538. The molecule has 1 aromatic carbocycles. The Kier molecular flexibility index (Phi) is 5.91. The highest BCUT2D eigenvalue weighted by Crippen LogP contribution is 2.30. The van der Waals surface area contributed by atoms with Gasteiger partial charge in [0.1, 0.15) is 11.6 Å². The molecular weight excluding hydrogens is 360 g/mol. The van der Waals surface area contributed by atoms with Crippen LogP contribution in [0.25, 0.3) is 0 Å². The Morgan fingerprint density at radius 1 is 1.30 bits per heavy atom. The van der Waals surface area contributed by atoms with Gasteiger partial charge in [-0.25, -0.2) is 9.97 Å². The van der Waals surface area contributed by atoms with E-state index >= 15 is 0 Å². The predicted molar refractivity (Wildman–Crippen MR) is 107 cm³/mol. The number of hydrogen-bond donors (Lipinski definition) is 1. The quantitative estimate of drug-likeness (QED) is 0.868. The first-order valence-electron chi connectivity index (χ1n) is 8.83. The largest absolute Gasteiger partial charge is 0.361 e. The Labute approximate surface area is 163 Å². The number of aromatic nitrogens is 2. The maximum Gasteiger partial charge on any atom is 0.246 e. The number of carbonyl (C=O) groups is 2. The molecule has 2 aromatic rings. The SMILES string of the molecule is CC/C(SC(=O)c1ccccc1)=C(\C)N1Cc2cnc(C)nc2NCC1=O. The molecule has 0 fully saturated rings. The van der Waals surface area contributed by atoms with Crippen molar-refractivity contribution >= 4 is 28.6 Å². The summed E-state index contributed by atoms with van der Waals surface area (Å²) in [7, 11) is 0. The third kappa shape index (κ3) is 4.36. The summed E-state index contributed by atoms with van der Waals surface area (Å²) in [5, 5.41) is 3.06. The van der Waals surface area contributed by atoms with E-state index in [-0.39, 0.29) is 17.6 Å². The molecule has 6 nitrogen and oxygen atoms in total. The lowest BCUT2D eigenvalue weighted by Gasteiger charge is -2.23. The van der Waals surface area contributed by atoms with Crippen LogP contribution in [-0.2, 0) is 11.3 Å². The Hall–Kier alpha value is -2.67. The summed E-state index contributed by atoms with van der Waals surface area (Å²) in [6, 6.07) is 9.18. The molecule has 1 aliphatic heterocycles. The number of amides is 1. The second-order valence-electron chi connectivity index (χ2n) is 6.24. The van der Waals surface area contributed by atoms with Crippen molar-refractivity contribution in [1.82, 2.24) is 14.9 Å². The van der Waals surface area contributed by atoms with E-state index in [2.05, 4.69) is 15.3 Å². The fourth-order valence-corrected chi connectivity index (χ4v) is 3.76. The van der Waals surface area contributed by atoms with Crippen molar-refractivity contribution in [3.05, 3.63) is 64.1 Å². The van der Waals surface area contributed by atoms with Crippen molar-refractivity contribution in [2.45, 2.75) is 33.7 Å². The molecule has 1 aromatic heterocycles. The molecular formula is C20H22N4O2S. The van der Waals surface area contributed by atoms with Crippen LogP contribution in [0.4, 0.5) is 5.82 Å². The molecule has 0 spiro atoms. The Bertz CT molecular complexity index is 896. The third-order valence-corrected chi connectivity index (χ3v) is 5.63. The van der Waals surface area contributed by atoms with Gasteiger partial charge < -0.3 is 10.2 Å². The summed E-state index contributed by atoms with van der Waals surface area (Å²) in [5.74, 6) is 1.30. The maximum absolute atomic E-state index is 12.7. The normalized spacial score (nSPS) is 14.8. The summed E-state index contributed by atoms with van der Waals surface area (Å²) >= 11 is 1.19. The minimum absolute atomic E-state index is 0.0217. The Balaban J connectivity index is 1.88. The van der Waals surface area contributed by atoms with Crippen LogP contribution in [0.1, 0.15) is 42.0 Å². The van der Waals surface area contributed by atoms with E-state index in [0.717, 1.165) is 16.2 Å². The first-order valence-corrected chi connectivity index (χ1v) is 9.65. The standard InChI is InChI=1S/C20H22N4O2S/c1-4-17(27-20(26)15-8-6-5-7-9-15)13(2)24-12-16-10-21-14(3)23-19(16)22-11-18(24)25/h5-10H,4,11-12H2,1-3H3,(H,21,22,23)/b17-13-. The fraction of sp³-hybridized carbons (Fsp3) is 0.300. The summed E-state index contributed by atoms with van der Waals surface area (Å²) in [6.45, 7) is 6.25. The van der Waals surface area contributed by atoms with Crippen molar-refractivity contribution < 1.29 is 9.59 Å². The molecule has 0 saturated carbocycles. The molecule has 1 aliphatic rings. The van der Waals surface area contributed by atoms with Crippen LogP contribution < -0.4 is 5.32 Å². The Morgan fingerprint density at radius 2 is 2.04 bits per heavy atom. The average Bonchev–Trinajstić information content (AvgIpc) is 2.85. The van der Waals surface area contributed by atoms with Crippen molar-refractivity contribution in [3.8, 4) is 0 Å². The van der Waals surface area contributed by atoms with Gasteiger partial charge in [0.15, 0.2) is 0 Å². The lowest BCUT2D eigenvalue weighted by atomic mass is 10.2. The van der Waals surface area contributed by atoms with E-state index in [0.29, 0.717) is 30.2 Å². The number of nitrogens with zero attached hydrogens (tertiary/aromatic N) is 3. The second kappa shape index (κ2) is 8.35. The minimum Gasteiger partial charge on any atom is -0.361 e. The van der Waals surface area contributed by atoms with Gasteiger partial charge in [0.05, 0.1) is 13.1 Å². The zero-order valence-electron chi connectivity index (χ0n) is 15.7. The van der Waals surface area contributed by atoms with Crippen LogP contribution in [0.3, 0.4) is 0 Å². The zero-order valence-corrected chi connectivity index (χ0v) is 16.5. The van der Waals surface area contributed by atoms with Crippen molar-refractivity contribution in [2.75, 3.05) is 11.9 Å². The molecule has 140 valence electrons. The van der Waals surface area contributed by atoms with Crippen molar-refractivity contribution in [2.24, 2.45) is 0 Å². The monoisotopic (exact) mass is 382 g/mol. The van der Waals surface area contributed by atoms with E-state index in [1.807, 2.05) is 39.0 Å². The predicted octanol–water partition coefficient (Wildman–Crippen LogP) is 3.75. The van der Waals surface area contributed by atoms with Crippen LogP contribution in [-0.4, -0.2) is 32.4 Å². The second-order valence-corrected chi connectivity index (χ2v) is 7.31. The van der Waals surface area contributed by atoms with Crippen LogP contribution >= 0.6 is 11.8 Å². The fourth-order valence-electron chi connectivity index (χ4n) is 2.88. The van der Waals surface area contributed by atoms with Gasteiger partial charge in [0.2, 0.25) is 11.0 Å². The average molecular weight is 382 g/mol. The van der Waals surface area contributed by atoms with Crippen molar-refractivity contribution in [3.63, 3.8) is 0 Å². The third-order valence-electron chi connectivity index (χ3n) is 4.38. The maximum atomic E-state index is 12.7. The van der Waals surface area contributed by atoms with E-state index in [9.17, 15) is 9.59 Å². The van der Waals surface area contributed by atoms with Gasteiger partial charge in [-0.15, -0.1) is 0 Å². The highest BCUT2D eigenvalue weighted by molar-refractivity contribution is 8.17. The molecule has 0 aliphatic carbocycles. The van der Waals surface area contributed by atoms with Crippen LogP contribution in [0.5, 0.6) is 0 Å². The van der Waals surface area contributed by atoms with E-state index in [1.165, 1.54) is 11.8 Å². The molecule has 2 heterocycles. The smallest absolute Gasteiger partial charge is 0.246 e. The lowest BCUT2D eigenvalue weighted by Crippen LogP contribution is -2.32. The van der Waals surface area contributed by atoms with Gasteiger partial charge in [0.25, 0.3) is 0 Å². The highest BCUT2D eigenvalue weighted by atomic mass is 32.2. The van der Waals surface area contributed by atoms with Gasteiger partial charge in [-0.05, 0) is 32.0 Å². The molecule has 3 rings (SSSR count). The molecule has 0 unspecified atom stereocenters. The van der Waals surface area contributed by atoms with Gasteiger partial charge in [0, 0.05) is 27.9 Å². The lowest BCUT2D eigenvalue weighted by molar-refractivity contribution is -0.127. The number of benzene rings is 1. The zero-order chi connectivity index (χ0) is 19.4. The number of fused-ring (bicyclic) bond motifs is 1. The number of allylic oxidation sites excluding steroid dienone is 2. The molecule has 0 radical (unpaired) electrons. The molecule has 0 bridgehead atoms. The number of nitrogens with one attached hydrogen (secondary N) is 1. The molecule has 1 N–H and O–H groups in total. The number of thioether (sulfide) groups is 1. The molecule has 7 heteroatoms. The highest BCUT2D eigenvalue weighted by Gasteiger charge is 2.25. The number of hydrogen-bond acceptors (Lipinski definition) is 6. The van der Waals surface area contributed by atoms with Gasteiger partial charge in [-0.2, -0.15) is 0 Å². The first kappa shape index (κ1) is 19.1. The Morgan fingerprint density at radius 3 is 2.74 bits per heavy atom. The molecule has 0 atom stereocenters. The molecule has 27 heavy (non-hydrogen) atoms.